The Morgan fingerprint density at radius 1 is 1.35 bits per heavy atom. The predicted molar refractivity (Wildman–Crippen MR) is 103 cm³/mol. The summed E-state index contributed by atoms with van der Waals surface area (Å²) in [6.45, 7) is 4.84. The molecule has 1 aliphatic carbocycles. The van der Waals surface area contributed by atoms with Gasteiger partial charge in [-0.05, 0) is 38.3 Å². The van der Waals surface area contributed by atoms with Crippen molar-refractivity contribution >= 4 is 5.96 Å². The van der Waals surface area contributed by atoms with E-state index in [0.717, 1.165) is 25.0 Å². The van der Waals surface area contributed by atoms with Gasteiger partial charge in [-0.15, -0.1) is 0 Å². The molecule has 1 saturated carbocycles. The molecule has 3 rings (SSSR count). The summed E-state index contributed by atoms with van der Waals surface area (Å²) in [6, 6.07) is 7.47. The number of nitrogens with one attached hydrogen (secondary N) is 2. The molecule has 2 unspecified atom stereocenters. The third-order valence-corrected chi connectivity index (χ3v) is 5.32. The van der Waals surface area contributed by atoms with E-state index in [1.54, 1.807) is 19.2 Å². The largest absolute Gasteiger partial charge is 0.489 e. The second kappa shape index (κ2) is 9.21. The van der Waals surface area contributed by atoms with Gasteiger partial charge in [-0.25, -0.2) is 4.39 Å². The van der Waals surface area contributed by atoms with Crippen LogP contribution in [-0.2, 0) is 0 Å². The molecule has 0 radical (unpaired) electrons. The van der Waals surface area contributed by atoms with E-state index in [2.05, 4.69) is 20.5 Å². The van der Waals surface area contributed by atoms with Crippen LogP contribution in [0.15, 0.2) is 29.3 Å². The van der Waals surface area contributed by atoms with Crippen molar-refractivity contribution in [2.75, 3.05) is 26.7 Å². The highest BCUT2D eigenvalue weighted by Crippen LogP contribution is 2.26. The minimum Gasteiger partial charge on any atom is -0.489 e. The van der Waals surface area contributed by atoms with Gasteiger partial charge in [-0.2, -0.15) is 0 Å². The van der Waals surface area contributed by atoms with Gasteiger partial charge in [0.25, 0.3) is 0 Å². The molecule has 6 heteroatoms. The van der Waals surface area contributed by atoms with Crippen molar-refractivity contribution in [1.82, 2.24) is 15.5 Å². The summed E-state index contributed by atoms with van der Waals surface area (Å²) in [5, 5.41) is 6.85. The molecule has 26 heavy (non-hydrogen) atoms. The molecule has 2 fully saturated rings. The number of rotatable bonds is 6. The maximum atomic E-state index is 13.2. The average Bonchev–Trinajstić information content (AvgIpc) is 3.30. The lowest BCUT2D eigenvalue weighted by atomic mass is 10.2. The molecule has 1 aliphatic heterocycles. The summed E-state index contributed by atoms with van der Waals surface area (Å²) in [5.41, 5.74) is 0. The van der Waals surface area contributed by atoms with Crippen LogP contribution in [0.3, 0.4) is 0 Å². The first-order valence-electron chi connectivity index (χ1n) is 9.77. The lowest BCUT2D eigenvalue weighted by molar-refractivity contribution is 0.222. The molecule has 5 nitrogen and oxygen atoms in total. The summed E-state index contributed by atoms with van der Waals surface area (Å²) < 4.78 is 19.0. The molecule has 1 aromatic rings. The van der Waals surface area contributed by atoms with E-state index < -0.39 is 0 Å². The maximum Gasteiger partial charge on any atom is 0.191 e. The van der Waals surface area contributed by atoms with E-state index in [-0.39, 0.29) is 11.9 Å². The van der Waals surface area contributed by atoms with Crippen LogP contribution < -0.4 is 15.4 Å². The Bertz CT molecular complexity index is 603. The normalized spacial score (nSPS) is 23.2. The van der Waals surface area contributed by atoms with Gasteiger partial charge in [0.1, 0.15) is 17.7 Å². The van der Waals surface area contributed by atoms with Crippen molar-refractivity contribution in [2.24, 2.45) is 4.99 Å². The zero-order chi connectivity index (χ0) is 18.4. The zero-order valence-electron chi connectivity index (χ0n) is 15.9. The smallest absolute Gasteiger partial charge is 0.191 e. The molecular weight excluding hydrogens is 331 g/mol. The predicted octanol–water partition coefficient (Wildman–Crippen LogP) is 2.77. The van der Waals surface area contributed by atoms with Crippen molar-refractivity contribution in [3.63, 3.8) is 0 Å². The molecule has 0 aromatic heterocycles. The van der Waals surface area contributed by atoms with Crippen molar-refractivity contribution in [3.05, 3.63) is 30.1 Å². The molecule has 1 heterocycles. The van der Waals surface area contributed by atoms with Crippen LogP contribution in [0.2, 0.25) is 0 Å². The Morgan fingerprint density at radius 3 is 2.88 bits per heavy atom. The molecule has 1 saturated heterocycles. The average molecular weight is 362 g/mol. The fourth-order valence-corrected chi connectivity index (χ4v) is 3.95. The van der Waals surface area contributed by atoms with Crippen molar-refractivity contribution < 1.29 is 9.13 Å². The monoisotopic (exact) mass is 362 g/mol. The quantitative estimate of drug-likeness (QED) is 0.604. The van der Waals surface area contributed by atoms with Crippen molar-refractivity contribution in [2.45, 2.75) is 57.2 Å². The van der Waals surface area contributed by atoms with Gasteiger partial charge in [-0.3, -0.25) is 9.89 Å². The van der Waals surface area contributed by atoms with Crippen LogP contribution in [-0.4, -0.2) is 55.7 Å². The number of likely N-dealkylation sites (tertiary alicyclic amines) is 1. The highest BCUT2D eigenvalue weighted by molar-refractivity contribution is 5.80. The Labute approximate surface area is 156 Å². The van der Waals surface area contributed by atoms with Crippen molar-refractivity contribution in [3.8, 4) is 5.75 Å². The number of nitrogens with zero attached hydrogens (tertiary/aromatic N) is 2. The lowest BCUT2D eigenvalue weighted by Crippen LogP contribution is -2.47. The van der Waals surface area contributed by atoms with Gasteiger partial charge in [0.05, 0.1) is 6.54 Å². The van der Waals surface area contributed by atoms with Crippen molar-refractivity contribution in [1.29, 1.82) is 0 Å². The van der Waals surface area contributed by atoms with E-state index in [1.165, 1.54) is 44.4 Å². The second-order valence-corrected chi connectivity index (χ2v) is 7.40. The number of aliphatic imine (C=N–C) groups is 1. The highest BCUT2D eigenvalue weighted by Gasteiger charge is 2.30. The fraction of sp³-hybridized carbons (Fsp3) is 0.650. The van der Waals surface area contributed by atoms with Crippen LogP contribution in [0.4, 0.5) is 4.39 Å². The first kappa shape index (κ1) is 19.0. The van der Waals surface area contributed by atoms with Gasteiger partial charge in [0.15, 0.2) is 5.96 Å². The number of hydrogen-bond donors (Lipinski definition) is 2. The zero-order valence-corrected chi connectivity index (χ0v) is 15.9. The minimum atomic E-state index is -0.284. The van der Waals surface area contributed by atoms with Gasteiger partial charge in [-0.1, -0.05) is 18.9 Å². The molecule has 0 spiro atoms. The van der Waals surface area contributed by atoms with Gasteiger partial charge in [0.2, 0.25) is 0 Å². The summed E-state index contributed by atoms with van der Waals surface area (Å²) in [7, 11) is 1.79. The van der Waals surface area contributed by atoms with E-state index in [1.807, 2.05) is 6.92 Å². The van der Waals surface area contributed by atoms with Crippen LogP contribution in [0.5, 0.6) is 5.75 Å². The third-order valence-electron chi connectivity index (χ3n) is 5.32. The lowest BCUT2D eigenvalue weighted by Gasteiger charge is -2.24. The molecule has 2 atom stereocenters. The third kappa shape index (κ3) is 5.34. The highest BCUT2D eigenvalue weighted by atomic mass is 19.1. The Hall–Kier alpha value is -1.82. The maximum absolute atomic E-state index is 13.2. The molecule has 1 aromatic carbocycles. The standard InChI is InChI=1S/C20H31FN4O/c1-15(26-19-9-5-6-16(21)12-19)13-23-20(22-2)24-17-10-11-25(14-17)18-7-3-4-8-18/h5-6,9,12,15,17-18H,3-4,7-8,10-11,13-14H2,1-2H3,(H2,22,23,24). The Kier molecular flexibility index (Phi) is 6.72. The number of halogens is 1. The Balaban J connectivity index is 1.40. The number of ether oxygens (including phenoxy) is 1. The summed E-state index contributed by atoms with van der Waals surface area (Å²) in [5.74, 6) is 1.07. The van der Waals surface area contributed by atoms with Crippen LogP contribution in [0.1, 0.15) is 39.0 Å². The summed E-state index contributed by atoms with van der Waals surface area (Å²) >= 11 is 0. The molecule has 2 N–H and O–H groups in total. The van der Waals surface area contributed by atoms with Crippen LogP contribution >= 0.6 is 0 Å². The number of hydrogen-bond acceptors (Lipinski definition) is 3. The summed E-state index contributed by atoms with van der Waals surface area (Å²) in [4.78, 5) is 6.96. The first-order valence-corrected chi connectivity index (χ1v) is 9.77. The van der Waals surface area contributed by atoms with Crippen LogP contribution in [0.25, 0.3) is 0 Å². The fourth-order valence-electron chi connectivity index (χ4n) is 3.95. The molecule has 0 amide bonds. The number of benzene rings is 1. The Morgan fingerprint density at radius 2 is 2.15 bits per heavy atom. The van der Waals surface area contributed by atoms with E-state index in [9.17, 15) is 4.39 Å². The topological polar surface area (TPSA) is 48.9 Å². The van der Waals surface area contributed by atoms with Gasteiger partial charge < -0.3 is 15.4 Å². The molecule has 144 valence electrons. The molecule has 0 bridgehead atoms. The van der Waals surface area contributed by atoms with Gasteiger partial charge in [0, 0.05) is 38.3 Å². The van der Waals surface area contributed by atoms with Crippen LogP contribution in [0, 0.1) is 5.82 Å². The summed E-state index contributed by atoms with van der Waals surface area (Å²) in [6.07, 6.45) is 6.54. The molecular formula is C20H31FN4O. The van der Waals surface area contributed by atoms with E-state index >= 15 is 0 Å². The second-order valence-electron chi connectivity index (χ2n) is 7.40. The minimum absolute atomic E-state index is 0.0890. The van der Waals surface area contributed by atoms with E-state index in [4.69, 9.17) is 4.74 Å². The van der Waals surface area contributed by atoms with E-state index in [0.29, 0.717) is 18.3 Å². The number of guanidine groups is 1. The SMILES string of the molecule is CN=C(NCC(C)Oc1cccc(F)c1)NC1CCN(C2CCCC2)C1. The molecule has 2 aliphatic rings. The van der Waals surface area contributed by atoms with Gasteiger partial charge >= 0.3 is 0 Å². The first-order chi connectivity index (χ1) is 12.6.